The Hall–Kier alpha value is -3.10. The van der Waals surface area contributed by atoms with E-state index in [1.807, 2.05) is 0 Å². The van der Waals surface area contributed by atoms with Gasteiger partial charge in [-0.1, -0.05) is 0 Å². The summed E-state index contributed by atoms with van der Waals surface area (Å²) in [5, 5.41) is 2.48. The first kappa shape index (κ1) is 19.2. The predicted octanol–water partition coefficient (Wildman–Crippen LogP) is 2.71. The maximum absolute atomic E-state index is 12.5. The first-order valence-corrected chi connectivity index (χ1v) is 7.46. The number of aromatic nitrogens is 1. The number of benzene rings is 1. The Morgan fingerprint density at radius 3 is 2.27 bits per heavy atom. The molecule has 0 spiro atoms. The van der Waals surface area contributed by atoms with E-state index in [4.69, 9.17) is 4.74 Å². The van der Waals surface area contributed by atoms with E-state index in [9.17, 15) is 22.8 Å². The van der Waals surface area contributed by atoms with Crippen molar-refractivity contribution in [2.24, 2.45) is 0 Å². The van der Waals surface area contributed by atoms with E-state index < -0.39 is 17.6 Å². The summed E-state index contributed by atoms with van der Waals surface area (Å²) < 4.78 is 42.8. The summed E-state index contributed by atoms with van der Waals surface area (Å²) in [7, 11) is 3.16. The van der Waals surface area contributed by atoms with Crippen molar-refractivity contribution >= 4 is 11.8 Å². The Bertz CT molecular complexity index is 773. The molecule has 0 bridgehead atoms. The molecule has 0 fully saturated rings. The Morgan fingerprint density at radius 1 is 1.12 bits per heavy atom. The molecule has 1 aromatic heterocycles. The van der Waals surface area contributed by atoms with Gasteiger partial charge in [0.1, 0.15) is 5.75 Å². The zero-order valence-electron chi connectivity index (χ0n) is 14.0. The quantitative estimate of drug-likeness (QED) is 0.882. The van der Waals surface area contributed by atoms with Crippen LogP contribution in [0.15, 0.2) is 42.6 Å². The number of alkyl halides is 3. The summed E-state index contributed by atoms with van der Waals surface area (Å²) >= 11 is 0. The predicted molar refractivity (Wildman–Crippen MR) is 86.8 cm³/mol. The highest BCUT2D eigenvalue weighted by Gasteiger charge is 2.30. The van der Waals surface area contributed by atoms with Gasteiger partial charge in [-0.3, -0.25) is 9.59 Å². The van der Waals surface area contributed by atoms with Gasteiger partial charge in [0.2, 0.25) is 11.8 Å². The minimum atomic E-state index is -4.46. The molecule has 0 atom stereocenters. The van der Waals surface area contributed by atoms with Gasteiger partial charge < -0.3 is 15.0 Å². The second-order valence-corrected chi connectivity index (χ2v) is 5.48. The number of carbonyl (C=O) groups is 2. The minimum absolute atomic E-state index is 0.00761. The van der Waals surface area contributed by atoms with Crippen molar-refractivity contribution in [1.82, 2.24) is 15.2 Å². The largest absolute Gasteiger partial charge is 0.439 e. The standard InChI is InChI=1S/C17H16F3N3O3/c1-23(2)15(24)10-22-16(25)11-3-6-13(7-4-11)26-14-8-5-12(9-21-14)17(18,19)20/h3-9H,10H2,1-2H3,(H,22,25). The van der Waals surface area contributed by atoms with E-state index >= 15 is 0 Å². The van der Waals surface area contributed by atoms with Crippen molar-refractivity contribution in [1.29, 1.82) is 0 Å². The number of nitrogens with zero attached hydrogens (tertiary/aromatic N) is 2. The second kappa shape index (κ2) is 7.85. The van der Waals surface area contributed by atoms with Crippen LogP contribution >= 0.6 is 0 Å². The Morgan fingerprint density at radius 2 is 1.77 bits per heavy atom. The molecule has 1 aromatic carbocycles. The van der Waals surface area contributed by atoms with Gasteiger partial charge in [0.05, 0.1) is 12.1 Å². The average Bonchev–Trinajstić information content (AvgIpc) is 2.59. The molecule has 0 aliphatic rings. The van der Waals surface area contributed by atoms with Gasteiger partial charge in [0.15, 0.2) is 0 Å². The van der Waals surface area contributed by atoms with Crippen LogP contribution < -0.4 is 10.1 Å². The van der Waals surface area contributed by atoms with E-state index in [1.54, 1.807) is 14.1 Å². The Kier molecular flexibility index (Phi) is 5.81. The number of likely N-dealkylation sites (N-methyl/N-ethyl adjacent to an activating group) is 1. The fourth-order valence-corrected chi connectivity index (χ4v) is 1.82. The highest BCUT2D eigenvalue weighted by atomic mass is 19.4. The monoisotopic (exact) mass is 367 g/mol. The normalized spacial score (nSPS) is 11.0. The lowest BCUT2D eigenvalue weighted by atomic mass is 10.2. The van der Waals surface area contributed by atoms with Crippen LogP contribution in [0.3, 0.4) is 0 Å². The number of nitrogens with one attached hydrogen (secondary N) is 1. The molecular formula is C17H16F3N3O3. The fraction of sp³-hybridized carbons (Fsp3) is 0.235. The van der Waals surface area contributed by atoms with Crippen LogP contribution in [0.4, 0.5) is 13.2 Å². The molecule has 1 N–H and O–H groups in total. The van der Waals surface area contributed by atoms with Crippen LogP contribution in [0.5, 0.6) is 11.6 Å². The molecule has 6 nitrogen and oxygen atoms in total. The highest BCUT2D eigenvalue weighted by Crippen LogP contribution is 2.30. The van der Waals surface area contributed by atoms with Crippen molar-refractivity contribution in [3.05, 3.63) is 53.7 Å². The second-order valence-electron chi connectivity index (χ2n) is 5.48. The van der Waals surface area contributed by atoms with Gasteiger partial charge in [-0.15, -0.1) is 0 Å². The number of carbonyl (C=O) groups excluding carboxylic acids is 2. The lowest BCUT2D eigenvalue weighted by Crippen LogP contribution is -2.36. The van der Waals surface area contributed by atoms with Crippen molar-refractivity contribution < 1.29 is 27.5 Å². The van der Waals surface area contributed by atoms with Crippen molar-refractivity contribution in [3.8, 4) is 11.6 Å². The number of hydrogen-bond donors (Lipinski definition) is 1. The van der Waals surface area contributed by atoms with E-state index in [-0.39, 0.29) is 18.3 Å². The third-order valence-electron chi connectivity index (χ3n) is 3.30. The minimum Gasteiger partial charge on any atom is -0.439 e. The van der Waals surface area contributed by atoms with Crippen LogP contribution in [0.2, 0.25) is 0 Å². The van der Waals surface area contributed by atoms with Crippen LogP contribution in [0.1, 0.15) is 15.9 Å². The number of pyridine rings is 1. The molecule has 0 aliphatic carbocycles. The zero-order chi connectivity index (χ0) is 19.3. The molecular weight excluding hydrogens is 351 g/mol. The number of amides is 2. The van der Waals surface area contributed by atoms with Gasteiger partial charge in [-0.25, -0.2) is 4.98 Å². The molecule has 2 amide bonds. The van der Waals surface area contributed by atoms with E-state index in [1.165, 1.54) is 29.2 Å². The van der Waals surface area contributed by atoms with Gasteiger partial charge in [-0.05, 0) is 30.3 Å². The molecule has 0 aliphatic heterocycles. The molecule has 2 aromatic rings. The molecule has 0 saturated carbocycles. The Balaban J connectivity index is 1.97. The molecule has 9 heteroatoms. The molecule has 0 radical (unpaired) electrons. The summed E-state index contributed by atoms with van der Waals surface area (Å²) in [5.41, 5.74) is -0.562. The zero-order valence-corrected chi connectivity index (χ0v) is 14.0. The molecule has 0 saturated heterocycles. The Labute approximate surface area is 147 Å². The SMILES string of the molecule is CN(C)C(=O)CNC(=O)c1ccc(Oc2ccc(C(F)(F)F)cn2)cc1. The van der Waals surface area contributed by atoms with Crippen LogP contribution in [-0.4, -0.2) is 42.3 Å². The molecule has 2 rings (SSSR count). The molecule has 26 heavy (non-hydrogen) atoms. The summed E-state index contributed by atoms with van der Waals surface area (Å²) in [6.45, 7) is -0.125. The van der Waals surface area contributed by atoms with Gasteiger partial charge >= 0.3 is 6.18 Å². The third kappa shape index (κ3) is 5.20. The highest BCUT2D eigenvalue weighted by molar-refractivity contribution is 5.96. The first-order chi connectivity index (χ1) is 12.2. The van der Waals surface area contributed by atoms with Crippen molar-refractivity contribution in [2.75, 3.05) is 20.6 Å². The average molecular weight is 367 g/mol. The number of hydrogen-bond acceptors (Lipinski definition) is 4. The summed E-state index contributed by atoms with van der Waals surface area (Å²) in [5.74, 6) is -0.379. The van der Waals surface area contributed by atoms with E-state index in [0.717, 1.165) is 12.1 Å². The third-order valence-corrected chi connectivity index (χ3v) is 3.30. The number of ether oxygens (including phenoxy) is 1. The maximum atomic E-state index is 12.5. The smallest absolute Gasteiger partial charge is 0.417 e. The number of halogens is 3. The molecule has 0 unspecified atom stereocenters. The van der Waals surface area contributed by atoms with Crippen molar-refractivity contribution in [2.45, 2.75) is 6.18 Å². The van der Waals surface area contributed by atoms with Gasteiger partial charge in [0, 0.05) is 31.9 Å². The first-order valence-electron chi connectivity index (χ1n) is 7.46. The molecule has 138 valence electrons. The van der Waals surface area contributed by atoms with Crippen molar-refractivity contribution in [3.63, 3.8) is 0 Å². The topological polar surface area (TPSA) is 71.5 Å². The lowest BCUT2D eigenvalue weighted by molar-refractivity contribution is -0.137. The fourth-order valence-electron chi connectivity index (χ4n) is 1.82. The summed E-state index contributed by atoms with van der Waals surface area (Å²) in [6.07, 6.45) is -3.78. The van der Waals surface area contributed by atoms with E-state index in [2.05, 4.69) is 10.3 Å². The number of rotatable bonds is 5. The molecule has 1 heterocycles. The lowest BCUT2D eigenvalue weighted by Gasteiger charge is -2.11. The van der Waals surface area contributed by atoms with Crippen LogP contribution in [-0.2, 0) is 11.0 Å². The van der Waals surface area contributed by atoms with Gasteiger partial charge in [0.25, 0.3) is 5.91 Å². The van der Waals surface area contributed by atoms with Crippen LogP contribution in [0, 0.1) is 0 Å². The maximum Gasteiger partial charge on any atom is 0.417 e. The summed E-state index contributed by atoms with van der Waals surface area (Å²) in [6, 6.07) is 7.86. The summed E-state index contributed by atoms with van der Waals surface area (Å²) in [4.78, 5) is 28.3. The van der Waals surface area contributed by atoms with Crippen LogP contribution in [0.25, 0.3) is 0 Å². The van der Waals surface area contributed by atoms with E-state index in [0.29, 0.717) is 17.5 Å². The van der Waals surface area contributed by atoms with Gasteiger partial charge in [-0.2, -0.15) is 13.2 Å².